The van der Waals surface area contributed by atoms with Crippen LogP contribution in [0.2, 0.25) is 0 Å². The zero-order chi connectivity index (χ0) is 14.8. The van der Waals surface area contributed by atoms with Crippen molar-refractivity contribution >= 4 is 21.8 Å². The smallest absolute Gasteiger partial charge is 0.270 e. The van der Waals surface area contributed by atoms with Crippen LogP contribution in [-0.2, 0) is 12.6 Å². The third-order valence-electron chi connectivity index (χ3n) is 2.87. The minimum absolute atomic E-state index is 0.0751. The average molecular weight is 339 g/mol. The minimum Gasteiger partial charge on any atom is -0.383 e. The molecule has 0 aliphatic heterocycles. The molecule has 2 heterocycles. The van der Waals surface area contributed by atoms with Crippen LogP contribution in [0.4, 0.5) is 0 Å². The van der Waals surface area contributed by atoms with Crippen LogP contribution >= 0.6 is 15.9 Å². The van der Waals surface area contributed by atoms with Gasteiger partial charge in [0.1, 0.15) is 15.9 Å². The summed E-state index contributed by atoms with van der Waals surface area (Å²) in [5.41, 5.74) is -0.250. The van der Waals surface area contributed by atoms with Crippen molar-refractivity contribution < 1.29 is 9.90 Å². The van der Waals surface area contributed by atoms with E-state index in [0.29, 0.717) is 15.9 Å². The fourth-order valence-electron chi connectivity index (χ4n) is 1.68. The van der Waals surface area contributed by atoms with Crippen LogP contribution in [0.1, 0.15) is 23.0 Å². The first-order chi connectivity index (χ1) is 9.38. The molecule has 0 spiro atoms. The lowest BCUT2D eigenvalue weighted by Gasteiger charge is -2.22. The van der Waals surface area contributed by atoms with Crippen molar-refractivity contribution in [3.63, 3.8) is 0 Å². The number of halogens is 1. The van der Waals surface area contributed by atoms with E-state index in [4.69, 9.17) is 0 Å². The Bertz CT molecular complexity index is 624. The van der Waals surface area contributed by atoms with Gasteiger partial charge in [-0.2, -0.15) is 5.10 Å². The van der Waals surface area contributed by atoms with Crippen LogP contribution in [-0.4, -0.2) is 32.3 Å². The van der Waals surface area contributed by atoms with Gasteiger partial charge in [0.2, 0.25) is 0 Å². The lowest BCUT2D eigenvalue weighted by molar-refractivity contribution is 0.0524. The van der Waals surface area contributed by atoms with E-state index in [1.54, 1.807) is 49.2 Å². The third kappa shape index (κ3) is 3.43. The Morgan fingerprint density at radius 2 is 2.30 bits per heavy atom. The monoisotopic (exact) mass is 338 g/mol. The Hall–Kier alpha value is -1.73. The number of nitrogens with zero attached hydrogens (tertiary/aromatic N) is 3. The lowest BCUT2D eigenvalue weighted by atomic mass is 10.00. The fraction of sp³-hybridized carbons (Fsp3) is 0.308. The van der Waals surface area contributed by atoms with Crippen molar-refractivity contribution in [3.05, 3.63) is 46.5 Å². The van der Waals surface area contributed by atoms with Gasteiger partial charge >= 0.3 is 0 Å². The molecule has 0 aliphatic carbocycles. The number of aliphatic hydroxyl groups is 1. The van der Waals surface area contributed by atoms with Gasteiger partial charge in [-0.1, -0.05) is 6.07 Å². The molecule has 0 saturated heterocycles. The summed E-state index contributed by atoms with van der Waals surface area (Å²) in [4.78, 5) is 16.0. The van der Waals surface area contributed by atoms with Crippen LogP contribution in [0.3, 0.4) is 0 Å². The second kappa shape index (κ2) is 5.72. The second-order valence-electron chi connectivity index (χ2n) is 4.70. The first kappa shape index (κ1) is 14.7. The van der Waals surface area contributed by atoms with E-state index in [2.05, 4.69) is 31.3 Å². The molecule has 1 unspecified atom stereocenters. The summed E-state index contributed by atoms with van der Waals surface area (Å²) in [6.07, 6.45) is 3.28. The molecule has 0 radical (unpaired) electrons. The number of rotatable bonds is 4. The summed E-state index contributed by atoms with van der Waals surface area (Å²) in [5, 5.41) is 17.0. The Kier molecular flexibility index (Phi) is 4.20. The maximum atomic E-state index is 12.0. The normalized spacial score (nSPS) is 13.8. The zero-order valence-corrected chi connectivity index (χ0v) is 12.8. The molecule has 2 aromatic rings. The molecule has 1 atom stereocenters. The molecule has 0 aliphatic rings. The summed E-state index contributed by atoms with van der Waals surface area (Å²) in [6, 6.07) is 5.08. The summed E-state index contributed by atoms with van der Waals surface area (Å²) in [5.74, 6) is -0.338. The molecular formula is C13H15BrN4O2. The highest BCUT2D eigenvalue weighted by molar-refractivity contribution is 9.10. The van der Waals surface area contributed by atoms with Crippen molar-refractivity contribution in [2.24, 2.45) is 7.05 Å². The molecule has 20 heavy (non-hydrogen) atoms. The molecule has 6 nitrogen and oxygen atoms in total. The number of aromatic nitrogens is 3. The number of nitrogens with one attached hydrogen (secondary N) is 1. The highest BCUT2D eigenvalue weighted by atomic mass is 79.9. The van der Waals surface area contributed by atoms with Crippen molar-refractivity contribution in [2.45, 2.75) is 12.5 Å². The van der Waals surface area contributed by atoms with E-state index in [0.717, 1.165) is 0 Å². The van der Waals surface area contributed by atoms with Crippen molar-refractivity contribution in [1.82, 2.24) is 20.1 Å². The molecule has 0 fully saturated rings. The quantitative estimate of drug-likeness (QED) is 0.821. The Morgan fingerprint density at radius 1 is 1.55 bits per heavy atom. The number of carbonyl (C=O) groups excluding carboxylic acids is 1. The molecular weight excluding hydrogens is 324 g/mol. The highest BCUT2D eigenvalue weighted by Crippen LogP contribution is 2.18. The number of pyridine rings is 1. The minimum atomic E-state index is -1.18. The van der Waals surface area contributed by atoms with E-state index in [1.807, 2.05) is 0 Å². The van der Waals surface area contributed by atoms with Crippen LogP contribution < -0.4 is 5.32 Å². The van der Waals surface area contributed by atoms with Gasteiger partial charge < -0.3 is 10.4 Å². The van der Waals surface area contributed by atoms with Crippen LogP contribution in [0.5, 0.6) is 0 Å². The Labute approximate surface area is 125 Å². The van der Waals surface area contributed by atoms with E-state index in [1.165, 1.54) is 0 Å². The maximum Gasteiger partial charge on any atom is 0.270 e. The predicted octanol–water partition coefficient (Wildman–Crippen LogP) is 1.22. The third-order valence-corrected chi connectivity index (χ3v) is 3.31. The molecule has 1 amide bonds. The van der Waals surface area contributed by atoms with E-state index >= 15 is 0 Å². The van der Waals surface area contributed by atoms with Gasteiger partial charge in [0.15, 0.2) is 0 Å². The first-order valence-electron chi connectivity index (χ1n) is 6.01. The molecule has 2 aromatic heterocycles. The summed E-state index contributed by atoms with van der Waals surface area (Å²) < 4.78 is 2.19. The number of amides is 1. The number of aryl methyl sites for hydroxylation is 1. The average Bonchev–Trinajstić information content (AvgIpc) is 2.83. The molecule has 7 heteroatoms. The summed E-state index contributed by atoms with van der Waals surface area (Å²) >= 11 is 3.21. The van der Waals surface area contributed by atoms with Crippen molar-refractivity contribution in [1.29, 1.82) is 0 Å². The van der Waals surface area contributed by atoms with Gasteiger partial charge in [-0.25, -0.2) is 4.98 Å². The summed E-state index contributed by atoms with van der Waals surface area (Å²) in [6.45, 7) is 1.70. The molecule has 106 valence electrons. The van der Waals surface area contributed by atoms with Crippen LogP contribution in [0.15, 0.2) is 35.2 Å². The second-order valence-corrected chi connectivity index (χ2v) is 5.52. The number of carbonyl (C=O) groups is 1. The van der Waals surface area contributed by atoms with Gasteiger partial charge in [0.05, 0.1) is 12.7 Å². The van der Waals surface area contributed by atoms with Crippen LogP contribution in [0, 0.1) is 0 Å². The lowest BCUT2D eigenvalue weighted by Crippen LogP contribution is -2.38. The largest absolute Gasteiger partial charge is 0.383 e. The first-order valence-corrected chi connectivity index (χ1v) is 6.80. The number of hydrogen-bond acceptors (Lipinski definition) is 4. The summed E-state index contributed by atoms with van der Waals surface area (Å²) in [7, 11) is 1.77. The zero-order valence-electron chi connectivity index (χ0n) is 11.2. The fourth-order valence-corrected chi connectivity index (χ4v) is 2.02. The maximum absolute atomic E-state index is 12.0. The molecule has 0 bridgehead atoms. The molecule has 0 saturated carbocycles. The predicted molar refractivity (Wildman–Crippen MR) is 77.0 cm³/mol. The van der Waals surface area contributed by atoms with Gasteiger partial charge in [0, 0.05) is 18.8 Å². The van der Waals surface area contributed by atoms with Crippen molar-refractivity contribution in [3.8, 4) is 0 Å². The standard InChI is InChI=1S/C13H15BrN4O2/c1-13(20,9-6-16-18(2)7-9)8-15-12(19)10-4-3-5-11(14)17-10/h3-7,20H,8H2,1-2H3,(H,15,19). The highest BCUT2D eigenvalue weighted by Gasteiger charge is 2.25. The van der Waals surface area contributed by atoms with Gasteiger partial charge in [-0.3, -0.25) is 9.48 Å². The van der Waals surface area contributed by atoms with E-state index in [-0.39, 0.29) is 12.5 Å². The molecule has 2 N–H and O–H groups in total. The van der Waals surface area contributed by atoms with E-state index in [9.17, 15) is 9.90 Å². The van der Waals surface area contributed by atoms with E-state index < -0.39 is 5.60 Å². The van der Waals surface area contributed by atoms with Gasteiger partial charge in [-0.05, 0) is 35.0 Å². The number of hydrogen-bond donors (Lipinski definition) is 2. The van der Waals surface area contributed by atoms with Gasteiger partial charge in [0.25, 0.3) is 5.91 Å². The van der Waals surface area contributed by atoms with Crippen LogP contribution in [0.25, 0.3) is 0 Å². The Balaban J connectivity index is 2.03. The van der Waals surface area contributed by atoms with Gasteiger partial charge in [-0.15, -0.1) is 0 Å². The SMILES string of the molecule is Cn1cc(C(C)(O)CNC(=O)c2cccc(Br)n2)cn1. The molecule has 0 aromatic carbocycles. The molecule has 2 rings (SSSR count). The topological polar surface area (TPSA) is 80.0 Å². The Morgan fingerprint density at radius 3 is 2.90 bits per heavy atom. The van der Waals surface area contributed by atoms with Crippen molar-refractivity contribution in [2.75, 3.05) is 6.54 Å².